The van der Waals surface area contributed by atoms with Crippen molar-refractivity contribution in [3.63, 3.8) is 0 Å². The van der Waals surface area contributed by atoms with Gasteiger partial charge in [-0.1, -0.05) is 0 Å². The maximum atomic E-state index is 12.7. The molecule has 1 fully saturated rings. The van der Waals surface area contributed by atoms with E-state index in [1.165, 1.54) is 0 Å². The van der Waals surface area contributed by atoms with E-state index in [-0.39, 0.29) is 23.4 Å². The third-order valence-corrected chi connectivity index (χ3v) is 1.44. The first-order valence-corrected chi connectivity index (χ1v) is 2.82. The fourth-order valence-corrected chi connectivity index (χ4v) is 0.889. The summed E-state index contributed by atoms with van der Waals surface area (Å²) in [7, 11) is 0. The molecule has 0 aromatic carbocycles. The van der Waals surface area contributed by atoms with Gasteiger partial charge in [0.25, 0.3) is 5.79 Å². The Labute approximate surface area is 68.4 Å². The van der Waals surface area contributed by atoms with Crippen molar-refractivity contribution < 1.29 is 14.3 Å². The standard InChI is InChI=1S/C5H8FNO2.BrH/c6-5(4(8)9)2-1-3-7-5;/h7H,1-3H2,(H,8,9);1H/t5-;/m0./s1. The minimum Gasteiger partial charge on any atom is -0.478 e. The molecule has 0 aromatic rings. The van der Waals surface area contributed by atoms with E-state index in [0.717, 1.165) is 0 Å². The van der Waals surface area contributed by atoms with Gasteiger partial charge in [0.1, 0.15) is 0 Å². The minimum absolute atomic E-state index is 0. The second-order valence-electron chi connectivity index (χ2n) is 2.14. The minimum atomic E-state index is -2.14. The fraction of sp³-hybridized carbons (Fsp3) is 0.800. The average molecular weight is 214 g/mol. The van der Waals surface area contributed by atoms with Crippen LogP contribution in [0, 0.1) is 0 Å². The molecule has 3 nitrogen and oxygen atoms in total. The average Bonchev–Trinajstić information content (AvgIpc) is 2.16. The summed E-state index contributed by atoms with van der Waals surface area (Å²) in [4.78, 5) is 10.1. The smallest absolute Gasteiger partial charge is 0.356 e. The molecule has 0 amide bonds. The number of hydrogen-bond donors (Lipinski definition) is 2. The van der Waals surface area contributed by atoms with Crippen LogP contribution in [0.15, 0.2) is 0 Å². The van der Waals surface area contributed by atoms with Crippen molar-refractivity contribution in [1.82, 2.24) is 5.32 Å². The first-order chi connectivity index (χ1) is 4.15. The summed E-state index contributed by atoms with van der Waals surface area (Å²) in [5, 5.41) is 10.5. The Balaban J connectivity index is 0.000000810. The van der Waals surface area contributed by atoms with Crippen LogP contribution in [0.5, 0.6) is 0 Å². The summed E-state index contributed by atoms with van der Waals surface area (Å²) in [5.74, 6) is -3.54. The molecule has 1 aliphatic heterocycles. The zero-order chi connectivity index (χ0) is 6.91. The van der Waals surface area contributed by atoms with Gasteiger partial charge in [-0.05, 0) is 13.0 Å². The van der Waals surface area contributed by atoms with E-state index in [9.17, 15) is 9.18 Å². The van der Waals surface area contributed by atoms with E-state index in [4.69, 9.17) is 5.11 Å². The SMILES string of the molecule is Br.O=C(O)[C@]1(F)CCCN1. The number of halogens is 2. The second-order valence-corrected chi connectivity index (χ2v) is 2.14. The van der Waals surface area contributed by atoms with Crippen molar-refractivity contribution in [3.8, 4) is 0 Å². The summed E-state index contributed by atoms with van der Waals surface area (Å²) >= 11 is 0. The van der Waals surface area contributed by atoms with Crippen molar-refractivity contribution in [3.05, 3.63) is 0 Å². The zero-order valence-corrected chi connectivity index (χ0v) is 6.98. The summed E-state index contributed by atoms with van der Waals surface area (Å²) in [5.41, 5.74) is 0. The van der Waals surface area contributed by atoms with Crippen LogP contribution in [0.2, 0.25) is 0 Å². The van der Waals surface area contributed by atoms with Gasteiger partial charge in [0.15, 0.2) is 0 Å². The lowest BCUT2D eigenvalue weighted by molar-refractivity contribution is -0.152. The highest BCUT2D eigenvalue weighted by Gasteiger charge is 2.41. The Morgan fingerprint density at radius 1 is 1.70 bits per heavy atom. The lowest BCUT2D eigenvalue weighted by atomic mass is 10.2. The number of hydrogen-bond acceptors (Lipinski definition) is 2. The molecule has 0 radical (unpaired) electrons. The van der Waals surface area contributed by atoms with Gasteiger partial charge in [-0.15, -0.1) is 17.0 Å². The van der Waals surface area contributed by atoms with Crippen LogP contribution in [-0.2, 0) is 4.79 Å². The third-order valence-electron chi connectivity index (χ3n) is 1.44. The highest BCUT2D eigenvalue weighted by molar-refractivity contribution is 8.93. The van der Waals surface area contributed by atoms with E-state index in [1.807, 2.05) is 0 Å². The zero-order valence-electron chi connectivity index (χ0n) is 5.26. The number of carboxylic acid groups (broad SMARTS) is 1. The molecule has 0 unspecified atom stereocenters. The molecule has 0 aliphatic carbocycles. The number of nitrogens with one attached hydrogen (secondary N) is 1. The van der Waals surface area contributed by atoms with Gasteiger partial charge < -0.3 is 5.11 Å². The Bertz CT molecular complexity index is 136. The van der Waals surface area contributed by atoms with Crippen LogP contribution in [-0.4, -0.2) is 23.4 Å². The van der Waals surface area contributed by atoms with Crippen LogP contribution in [0.25, 0.3) is 0 Å². The Kier molecular flexibility index (Phi) is 3.24. The van der Waals surface area contributed by atoms with Crippen molar-refractivity contribution >= 4 is 23.0 Å². The molecular formula is C5H9BrFNO2. The monoisotopic (exact) mass is 213 g/mol. The van der Waals surface area contributed by atoms with Crippen molar-refractivity contribution in [2.75, 3.05) is 6.54 Å². The highest BCUT2D eigenvalue weighted by Crippen LogP contribution is 2.20. The second kappa shape index (κ2) is 3.30. The van der Waals surface area contributed by atoms with Gasteiger partial charge in [-0.2, -0.15) is 0 Å². The van der Waals surface area contributed by atoms with E-state index >= 15 is 0 Å². The number of rotatable bonds is 1. The Morgan fingerprint density at radius 2 is 2.30 bits per heavy atom. The van der Waals surface area contributed by atoms with Gasteiger partial charge in [-0.3, -0.25) is 5.32 Å². The van der Waals surface area contributed by atoms with Crippen LogP contribution in [0.3, 0.4) is 0 Å². The molecule has 0 saturated carbocycles. The van der Waals surface area contributed by atoms with Gasteiger partial charge in [0.2, 0.25) is 0 Å². The van der Waals surface area contributed by atoms with Crippen molar-refractivity contribution in [1.29, 1.82) is 0 Å². The quantitative estimate of drug-likeness (QED) is 0.631. The fourth-order valence-electron chi connectivity index (χ4n) is 0.889. The van der Waals surface area contributed by atoms with Crippen LogP contribution in [0.1, 0.15) is 12.8 Å². The van der Waals surface area contributed by atoms with Crippen LogP contribution >= 0.6 is 17.0 Å². The molecule has 0 spiro atoms. The number of aliphatic carboxylic acids is 1. The third kappa shape index (κ3) is 1.67. The molecular weight excluding hydrogens is 205 g/mol. The molecule has 1 saturated heterocycles. The van der Waals surface area contributed by atoms with Gasteiger partial charge in [0, 0.05) is 6.42 Å². The van der Waals surface area contributed by atoms with E-state index in [1.54, 1.807) is 0 Å². The molecule has 0 bridgehead atoms. The molecule has 60 valence electrons. The normalized spacial score (nSPS) is 31.3. The molecule has 1 rings (SSSR count). The molecule has 10 heavy (non-hydrogen) atoms. The topological polar surface area (TPSA) is 49.3 Å². The van der Waals surface area contributed by atoms with Gasteiger partial charge >= 0.3 is 5.97 Å². The maximum Gasteiger partial charge on any atom is 0.356 e. The van der Waals surface area contributed by atoms with E-state index in [0.29, 0.717) is 13.0 Å². The summed E-state index contributed by atoms with van der Waals surface area (Å²) in [6.07, 6.45) is 0.686. The summed E-state index contributed by atoms with van der Waals surface area (Å²) in [6, 6.07) is 0. The van der Waals surface area contributed by atoms with E-state index < -0.39 is 11.8 Å². The molecule has 1 aliphatic rings. The summed E-state index contributed by atoms with van der Waals surface area (Å²) < 4.78 is 12.7. The highest BCUT2D eigenvalue weighted by atomic mass is 79.9. The van der Waals surface area contributed by atoms with Gasteiger partial charge in [-0.25, -0.2) is 9.18 Å². The molecule has 5 heteroatoms. The maximum absolute atomic E-state index is 12.7. The molecule has 1 atom stereocenters. The van der Waals surface area contributed by atoms with Gasteiger partial charge in [0.05, 0.1) is 0 Å². The largest absolute Gasteiger partial charge is 0.478 e. The molecule has 2 N–H and O–H groups in total. The first kappa shape index (κ1) is 9.84. The predicted octanol–water partition coefficient (Wildman–Crippen LogP) is 0.698. The number of carbonyl (C=O) groups is 1. The Hall–Kier alpha value is -0.160. The van der Waals surface area contributed by atoms with Crippen molar-refractivity contribution in [2.24, 2.45) is 0 Å². The van der Waals surface area contributed by atoms with E-state index in [2.05, 4.69) is 5.32 Å². The Morgan fingerprint density at radius 3 is 2.50 bits per heavy atom. The summed E-state index contributed by atoms with van der Waals surface area (Å²) in [6.45, 7) is 0.461. The first-order valence-electron chi connectivity index (χ1n) is 2.82. The lowest BCUT2D eigenvalue weighted by Crippen LogP contribution is -2.42. The van der Waals surface area contributed by atoms with Crippen LogP contribution < -0.4 is 5.32 Å². The number of alkyl halides is 1. The predicted molar refractivity (Wildman–Crippen MR) is 39.0 cm³/mol. The molecule has 1 heterocycles. The number of carboxylic acids is 1. The van der Waals surface area contributed by atoms with Crippen molar-refractivity contribution in [2.45, 2.75) is 18.6 Å². The van der Waals surface area contributed by atoms with Crippen LogP contribution in [0.4, 0.5) is 4.39 Å². The lowest BCUT2D eigenvalue weighted by Gasteiger charge is -2.11. The molecule has 0 aromatic heterocycles.